The van der Waals surface area contributed by atoms with Gasteiger partial charge < -0.3 is 9.84 Å². The third kappa shape index (κ3) is 5.70. The molecular formula is C17H29N3O5S. The second-order valence-electron chi connectivity index (χ2n) is 7.13. The van der Waals surface area contributed by atoms with Crippen molar-refractivity contribution < 1.29 is 24.2 Å². The highest BCUT2D eigenvalue weighted by atomic mass is 32.2. The van der Waals surface area contributed by atoms with Gasteiger partial charge in [0.05, 0.1) is 12.6 Å². The smallest absolute Gasteiger partial charge is 0.339 e. The molecule has 3 atom stereocenters. The fourth-order valence-electron chi connectivity index (χ4n) is 2.35. The maximum Gasteiger partial charge on any atom is 0.339 e. The number of hydrazone groups is 1. The normalized spacial score (nSPS) is 19.7. The Morgan fingerprint density at radius 3 is 2.42 bits per heavy atom. The van der Waals surface area contributed by atoms with Crippen molar-refractivity contribution in [2.45, 2.75) is 71.8 Å². The first-order valence-electron chi connectivity index (χ1n) is 8.77. The first kappa shape index (κ1) is 22.4. The lowest BCUT2D eigenvalue weighted by Crippen LogP contribution is -2.51. The van der Waals surface area contributed by atoms with Crippen molar-refractivity contribution in [3.8, 4) is 0 Å². The molecule has 26 heavy (non-hydrogen) atoms. The molecule has 1 heterocycles. The Labute approximate surface area is 158 Å². The molecule has 0 aromatic rings. The van der Waals surface area contributed by atoms with Crippen molar-refractivity contribution in [2.24, 2.45) is 10.5 Å². The predicted octanol–water partition coefficient (Wildman–Crippen LogP) is 2.04. The number of carbonyl (C=O) groups is 3. The van der Waals surface area contributed by atoms with Gasteiger partial charge in [-0.05, 0) is 20.3 Å². The first-order chi connectivity index (χ1) is 12.0. The van der Waals surface area contributed by atoms with E-state index in [1.54, 1.807) is 13.8 Å². The van der Waals surface area contributed by atoms with Crippen molar-refractivity contribution >= 4 is 34.7 Å². The number of carboxylic acid groups (broad SMARTS) is 1. The van der Waals surface area contributed by atoms with Gasteiger partial charge in [0.25, 0.3) is 5.91 Å². The second-order valence-corrected chi connectivity index (χ2v) is 8.20. The molecule has 1 amide bonds. The zero-order valence-electron chi connectivity index (χ0n) is 16.2. The SMILES string of the molecule is CCC[C@H](N[C@@H](C)C(=O)N1N=C(C(C)(C)C)S[C@@H]1C(=O)O)C(=O)OCC. The average Bonchev–Trinajstić information content (AvgIpc) is 2.99. The molecule has 0 aromatic heterocycles. The maximum atomic E-state index is 12.8. The van der Waals surface area contributed by atoms with Gasteiger partial charge in [-0.3, -0.25) is 14.9 Å². The van der Waals surface area contributed by atoms with Crippen molar-refractivity contribution in [3.05, 3.63) is 0 Å². The summed E-state index contributed by atoms with van der Waals surface area (Å²) in [4.78, 5) is 36.4. The van der Waals surface area contributed by atoms with E-state index >= 15 is 0 Å². The number of aliphatic carboxylic acids is 1. The number of ether oxygens (including phenoxy) is 1. The van der Waals surface area contributed by atoms with E-state index in [1.807, 2.05) is 27.7 Å². The van der Waals surface area contributed by atoms with Gasteiger partial charge >= 0.3 is 11.9 Å². The van der Waals surface area contributed by atoms with Crippen molar-refractivity contribution in [1.29, 1.82) is 0 Å². The summed E-state index contributed by atoms with van der Waals surface area (Å²) in [5.74, 6) is -2.04. The molecule has 9 heteroatoms. The zero-order valence-corrected chi connectivity index (χ0v) is 17.1. The number of amides is 1. The summed E-state index contributed by atoms with van der Waals surface area (Å²) >= 11 is 1.06. The molecule has 1 rings (SSSR count). The van der Waals surface area contributed by atoms with E-state index in [-0.39, 0.29) is 12.0 Å². The number of hydrogen-bond acceptors (Lipinski definition) is 7. The molecule has 0 spiro atoms. The summed E-state index contributed by atoms with van der Waals surface area (Å²) in [5.41, 5.74) is -0.361. The fraction of sp³-hybridized carbons (Fsp3) is 0.765. The maximum absolute atomic E-state index is 12.8. The van der Waals surface area contributed by atoms with E-state index in [2.05, 4.69) is 10.4 Å². The van der Waals surface area contributed by atoms with Crippen LogP contribution >= 0.6 is 11.8 Å². The van der Waals surface area contributed by atoms with Crippen LogP contribution in [0.5, 0.6) is 0 Å². The van der Waals surface area contributed by atoms with Gasteiger partial charge in [0.15, 0.2) is 0 Å². The largest absolute Gasteiger partial charge is 0.479 e. The number of nitrogens with one attached hydrogen (secondary N) is 1. The van der Waals surface area contributed by atoms with Crippen LogP contribution in [0.1, 0.15) is 54.4 Å². The Morgan fingerprint density at radius 2 is 1.96 bits per heavy atom. The molecular weight excluding hydrogens is 358 g/mol. The Balaban J connectivity index is 2.94. The topological polar surface area (TPSA) is 108 Å². The Bertz CT molecular complexity index is 573. The van der Waals surface area contributed by atoms with E-state index in [0.29, 0.717) is 11.5 Å². The van der Waals surface area contributed by atoms with Gasteiger partial charge in [-0.25, -0.2) is 9.80 Å². The second kappa shape index (κ2) is 9.36. The standard InChI is InChI=1S/C17H29N3O5S/c1-7-9-11(15(24)25-8-2)18-10(3)12(21)20-13(14(22)23)26-16(19-20)17(4,5)6/h10-11,13,18H,7-9H2,1-6H3,(H,22,23)/t10-,11-,13+/m0/s1. The number of nitrogens with zero attached hydrogens (tertiary/aromatic N) is 2. The molecule has 0 fully saturated rings. The number of carbonyl (C=O) groups excluding carboxylic acids is 2. The number of rotatable bonds is 8. The van der Waals surface area contributed by atoms with Crippen molar-refractivity contribution in [3.63, 3.8) is 0 Å². The van der Waals surface area contributed by atoms with Crippen LogP contribution in [0.4, 0.5) is 0 Å². The highest BCUT2D eigenvalue weighted by molar-refractivity contribution is 8.15. The third-order valence-corrected chi connectivity index (χ3v) is 5.23. The minimum atomic E-state index is -1.13. The molecule has 148 valence electrons. The van der Waals surface area contributed by atoms with E-state index in [0.717, 1.165) is 23.2 Å². The molecule has 8 nitrogen and oxygen atoms in total. The number of thioether (sulfide) groups is 1. The fourth-order valence-corrected chi connectivity index (χ4v) is 3.40. The van der Waals surface area contributed by atoms with E-state index in [9.17, 15) is 19.5 Å². The third-order valence-electron chi connectivity index (χ3n) is 3.69. The summed E-state index contributed by atoms with van der Waals surface area (Å²) in [7, 11) is 0. The lowest BCUT2D eigenvalue weighted by Gasteiger charge is -2.25. The highest BCUT2D eigenvalue weighted by Gasteiger charge is 2.42. The van der Waals surface area contributed by atoms with E-state index in [1.165, 1.54) is 0 Å². The molecule has 1 aliphatic heterocycles. The molecule has 0 saturated heterocycles. The van der Waals surface area contributed by atoms with Crippen LogP contribution in [-0.2, 0) is 19.1 Å². The van der Waals surface area contributed by atoms with Crippen LogP contribution in [-0.4, -0.2) is 57.1 Å². The summed E-state index contributed by atoms with van der Waals surface area (Å²) in [6, 6.07) is -1.40. The zero-order chi connectivity index (χ0) is 20.1. The van der Waals surface area contributed by atoms with Crippen LogP contribution in [0.15, 0.2) is 5.10 Å². The number of esters is 1. The summed E-state index contributed by atoms with van der Waals surface area (Å²) < 4.78 is 5.03. The molecule has 0 aliphatic carbocycles. The van der Waals surface area contributed by atoms with Gasteiger partial charge in [0.1, 0.15) is 11.1 Å². The van der Waals surface area contributed by atoms with Crippen LogP contribution < -0.4 is 5.32 Å². The number of hydrogen-bond donors (Lipinski definition) is 2. The Kier molecular flexibility index (Phi) is 8.08. The van der Waals surface area contributed by atoms with Gasteiger partial charge in [0, 0.05) is 5.41 Å². The Morgan fingerprint density at radius 1 is 1.35 bits per heavy atom. The van der Waals surface area contributed by atoms with Crippen molar-refractivity contribution in [1.82, 2.24) is 10.3 Å². The van der Waals surface area contributed by atoms with Crippen LogP contribution in [0.25, 0.3) is 0 Å². The van der Waals surface area contributed by atoms with Gasteiger partial charge in [-0.2, -0.15) is 5.10 Å². The monoisotopic (exact) mass is 387 g/mol. The predicted molar refractivity (Wildman–Crippen MR) is 101 cm³/mol. The average molecular weight is 388 g/mol. The summed E-state index contributed by atoms with van der Waals surface area (Å²) in [6.07, 6.45) is 1.26. The molecule has 1 aliphatic rings. The molecule has 0 saturated carbocycles. The van der Waals surface area contributed by atoms with E-state index in [4.69, 9.17) is 4.74 Å². The summed E-state index contributed by atoms with van der Waals surface area (Å²) in [5, 5.41) is 17.1. The van der Waals surface area contributed by atoms with Gasteiger partial charge in [0.2, 0.25) is 5.37 Å². The van der Waals surface area contributed by atoms with Crippen LogP contribution in [0.2, 0.25) is 0 Å². The van der Waals surface area contributed by atoms with Crippen LogP contribution in [0.3, 0.4) is 0 Å². The molecule has 0 bridgehead atoms. The minimum absolute atomic E-state index is 0.256. The van der Waals surface area contributed by atoms with Crippen LogP contribution in [0, 0.1) is 5.41 Å². The lowest BCUT2D eigenvalue weighted by atomic mass is 9.99. The number of carboxylic acids is 1. The minimum Gasteiger partial charge on any atom is -0.479 e. The highest BCUT2D eigenvalue weighted by Crippen LogP contribution is 2.35. The molecule has 0 unspecified atom stereocenters. The Hall–Kier alpha value is -1.61. The van der Waals surface area contributed by atoms with Gasteiger partial charge in [-0.1, -0.05) is 45.9 Å². The van der Waals surface area contributed by atoms with Gasteiger partial charge in [-0.15, -0.1) is 0 Å². The molecule has 0 radical (unpaired) electrons. The lowest BCUT2D eigenvalue weighted by molar-refractivity contribution is -0.149. The van der Waals surface area contributed by atoms with Crippen molar-refractivity contribution in [2.75, 3.05) is 6.61 Å². The summed E-state index contributed by atoms with van der Waals surface area (Å²) in [6.45, 7) is 11.2. The molecule has 0 aromatic carbocycles. The quantitative estimate of drug-likeness (QED) is 0.614. The van der Waals surface area contributed by atoms with E-state index < -0.39 is 35.3 Å². The molecule has 2 N–H and O–H groups in total. The first-order valence-corrected chi connectivity index (χ1v) is 9.65.